The van der Waals surface area contributed by atoms with E-state index in [0.717, 1.165) is 12.8 Å². The molecule has 1 N–H and O–H groups in total. The molecule has 0 aliphatic heterocycles. The van der Waals surface area contributed by atoms with Crippen molar-refractivity contribution in [1.29, 1.82) is 0 Å². The summed E-state index contributed by atoms with van der Waals surface area (Å²) in [6.07, 6.45) is 6.84. The summed E-state index contributed by atoms with van der Waals surface area (Å²) < 4.78 is 5.50. The van der Waals surface area contributed by atoms with Gasteiger partial charge in [0.1, 0.15) is 6.23 Å². The molecule has 1 unspecified atom stereocenters. The van der Waals surface area contributed by atoms with Crippen molar-refractivity contribution in [2.45, 2.75) is 65.5 Å². The summed E-state index contributed by atoms with van der Waals surface area (Å²) in [7, 11) is 0. The molecule has 0 spiro atoms. The molecule has 3 heteroatoms. The predicted octanol–water partition coefficient (Wildman–Crippen LogP) is 3.40. The maximum absolute atomic E-state index is 11.5. The standard InChI is InChI=1S/C14H27NO2/c1-5-7-8-9-10-11-13(17-6-2)15-14(16)12(3)4/h13H,3,5-11H2,1-2,4H3,(H,15,16). The van der Waals surface area contributed by atoms with Gasteiger partial charge in [-0.25, -0.2) is 0 Å². The first-order valence-corrected chi connectivity index (χ1v) is 6.69. The van der Waals surface area contributed by atoms with E-state index in [1.54, 1.807) is 6.92 Å². The van der Waals surface area contributed by atoms with Crippen LogP contribution in [0, 0.1) is 0 Å². The van der Waals surface area contributed by atoms with Gasteiger partial charge in [0.05, 0.1) is 0 Å². The molecule has 1 atom stereocenters. The summed E-state index contributed by atoms with van der Waals surface area (Å²) in [4.78, 5) is 11.5. The van der Waals surface area contributed by atoms with Crippen molar-refractivity contribution in [3.8, 4) is 0 Å². The molecule has 0 radical (unpaired) electrons. The maximum Gasteiger partial charge on any atom is 0.248 e. The van der Waals surface area contributed by atoms with Gasteiger partial charge >= 0.3 is 0 Å². The van der Waals surface area contributed by atoms with E-state index in [-0.39, 0.29) is 12.1 Å². The predicted molar refractivity (Wildman–Crippen MR) is 71.7 cm³/mol. The molecule has 0 saturated carbocycles. The third-order valence-electron chi connectivity index (χ3n) is 2.62. The first-order chi connectivity index (χ1) is 8.11. The molecule has 0 bridgehead atoms. The van der Waals surface area contributed by atoms with Crippen LogP contribution in [0.25, 0.3) is 0 Å². The van der Waals surface area contributed by atoms with Crippen LogP contribution in [0.5, 0.6) is 0 Å². The largest absolute Gasteiger partial charge is 0.359 e. The quantitative estimate of drug-likeness (QED) is 0.361. The average Bonchev–Trinajstić information content (AvgIpc) is 2.28. The van der Waals surface area contributed by atoms with Crippen LogP contribution in [0.3, 0.4) is 0 Å². The molecule has 0 aliphatic carbocycles. The molecule has 0 aliphatic rings. The zero-order valence-corrected chi connectivity index (χ0v) is 11.6. The Morgan fingerprint density at radius 1 is 1.24 bits per heavy atom. The van der Waals surface area contributed by atoms with E-state index in [0.29, 0.717) is 12.2 Å². The molecule has 0 rings (SSSR count). The van der Waals surface area contributed by atoms with Crippen molar-refractivity contribution in [2.24, 2.45) is 0 Å². The highest BCUT2D eigenvalue weighted by molar-refractivity contribution is 5.92. The van der Waals surface area contributed by atoms with Gasteiger partial charge in [-0.15, -0.1) is 0 Å². The summed E-state index contributed by atoms with van der Waals surface area (Å²) in [6.45, 7) is 10.1. The molecule has 17 heavy (non-hydrogen) atoms. The third-order valence-corrected chi connectivity index (χ3v) is 2.62. The molecule has 0 fully saturated rings. The summed E-state index contributed by atoms with van der Waals surface area (Å²) in [6, 6.07) is 0. The summed E-state index contributed by atoms with van der Waals surface area (Å²) in [5.74, 6) is -0.114. The summed E-state index contributed by atoms with van der Waals surface area (Å²) in [5.41, 5.74) is 0.528. The van der Waals surface area contributed by atoms with Crippen molar-refractivity contribution < 1.29 is 9.53 Å². The van der Waals surface area contributed by atoms with E-state index in [2.05, 4.69) is 18.8 Å². The Balaban J connectivity index is 3.81. The molecule has 1 amide bonds. The van der Waals surface area contributed by atoms with Gasteiger partial charge in [0, 0.05) is 12.2 Å². The van der Waals surface area contributed by atoms with Crippen LogP contribution in [0.4, 0.5) is 0 Å². The van der Waals surface area contributed by atoms with Crippen molar-refractivity contribution in [3.05, 3.63) is 12.2 Å². The molecule has 0 heterocycles. The van der Waals surface area contributed by atoms with E-state index in [4.69, 9.17) is 4.74 Å². The van der Waals surface area contributed by atoms with Gasteiger partial charge in [0.25, 0.3) is 0 Å². The first-order valence-electron chi connectivity index (χ1n) is 6.69. The first kappa shape index (κ1) is 16.2. The van der Waals surface area contributed by atoms with Crippen LogP contribution in [0.15, 0.2) is 12.2 Å². The van der Waals surface area contributed by atoms with Crippen LogP contribution in [-0.2, 0) is 9.53 Å². The number of carbonyl (C=O) groups excluding carboxylic acids is 1. The van der Waals surface area contributed by atoms with Crippen molar-refractivity contribution in [3.63, 3.8) is 0 Å². The van der Waals surface area contributed by atoms with E-state index >= 15 is 0 Å². The zero-order valence-electron chi connectivity index (χ0n) is 11.6. The van der Waals surface area contributed by atoms with Crippen molar-refractivity contribution in [2.75, 3.05) is 6.61 Å². The Morgan fingerprint density at radius 2 is 1.88 bits per heavy atom. The van der Waals surface area contributed by atoms with Gasteiger partial charge in [0.15, 0.2) is 0 Å². The van der Waals surface area contributed by atoms with Crippen LogP contribution in [0.2, 0.25) is 0 Å². The molecule has 0 aromatic carbocycles. The van der Waals surface area contributed by atoms with Gasteiger partial charge in [-0.3, -0.25) is 4.79 Å². The molecule has 0 saturated heterocycles. The average molecular weight is 241 g/mol. The lowest BCUT2D eigenvalue weighted by atomic mass is 10.1. The minimum absolute atomic E-state index is 0.114. The molecule has 0 aromatic rings. The number of rotatable bonds is 10. The van der Waals surface area contributed by atoms with Gasteiger partial charge in [-0.2, -0.15) is 0 Å². The van der Waals surface area contributed by atoms with Crippen molar-refractivity contribution >= 4 is 5.91 Å². The summed E-state index contributed by atoms with van der Waals surface area (Å²) in [5, 5.41) is 2.85. The fourth-order valence-corrected chi connectivity index (χ4v) is 1.60. The lowest BCUT2D eigenvalue weighted by Gasteiger charge is -2.18. The number of unbranched alkanes of at least 4 members (excludes halogenated alkanes) is 4. The highest BCUT2D eigenvalue weighted by Crippen LogP contribution is 2.08. The Morgan fingerprint density at radius 3 is 2.41 bits per heavy atom. The number of nitrogens with one attached hydrogen (secondary N) is 1. The third kappa shape index (κ3) is 8.93. The minimum Gasteiger partial charge on any atom is -0.359 e. The summed E-state index contributed by atoms with van der Waals surface area (Å²) >= 11 is 0. The Kier molecular flexibility index (Phi) is 9.83. The Hall–Kier alpha value is -0.830. The second-order valence-corrected chi connectivity index (χ2v) is 4.40. The minimum atomic E-state index is -0.161. The number of hydrogen-bond acceptors (Lipinski definition) is 2. The number of ether oxygens (including phenoxy) is 1. The Bertz CT molecular complexity index is 226. The second kappa shape index (κ2) is 10.3. The van der Waals surface area contributed by atoms with Crippen molar-refractivity contribution in [1.82, 2.24) is 5.32 Å². The number of carbonyl (C=O) groups is 1. The molecular formula is C14H27NO2. The van der Waals surface area contributed by atoms with Crippen LogP contribution < -0.4 is 5.32 Å². The Labute approximate surface area is 106 Å². The van der Waals surface area contributed by atoms with Gasteiger partial charge in [-0.1, -0.05) is 39.2 Å². The van der Waals surface area contributed by atoms with Crippen LogP contribution in [-0.4, -0.2) is 18.7 Å². The lowest BCUT2D eigenvalue weighted by molar-refractivity contribution is -0.121. The second-order valence-electron chi connectivity index (χ2n) is 4.40. The molecule has 0 aromatic heterocycles. The fourth-order valence-electron chi connectivity index (χ4n) is 1.60. The molecule has 3 nitrogen and oxygen atoms in total. The smallest absolute Gasteiger partial charge is 0.248 e. The highest BCUT2D eigenvalue weighted by atomic mass is 16.5. The van der Waals surface area contributed by atoms with E-state index < -0.39 is 0 Å². The van der Waals surface area contributed by atoms with E-state index in [1.165, 1.54) is 25.7 Å². The van der Waals surface area contributed by atoms with Crippen LogP contribution >= 0.6 is 0 Å². The van der Waals surface area contributed by atoms with Gasteiger partial charge < -0.3 is 10.1 Å². The lowest BCUT2D eigenvalue weighted by Crippen LogP contribution is -2.37. The van der Waals surface area contributed by atoms with Gasteiger partial charge in [0.2, 0.25) is 5.91 Å². The zero-order chi connectivity index (χ0) is 13.1. The monoisotopic (exact) mass is 241 g/mol. The fraction of sp³-hybridized carbons (Fsp3) is 0.786. The van der Waals surface area contributed by atoms with E-state index in [9.17, 15) is 4.79 Å². The number of hydrogen-bond donors (Lipinski definition) is 1. The maximum atomic E-state index is 11.5. The molecular weight excluding hydrogens is 214 g/mol. The van der Waals surface area contributed by atoms with E-state index in [1.807, 2.05) is 6.92 Å². The van der Waals surface area contributed by atoms with Crippen LogP contribution in [0.1, 0.15) is 59.3 Å². The normalized spacial score (nSPS) is 12.2. The number of amides is 1. The highest BCUT2D eigenvalue weighted by Gasteiger charge is 2.11. The SMILES string of the molecule is C=C(C)C(=O)NC(CCCCCCC)OCC. The topological polar surface area (TPSA) is 38.3 Å². The van der Waals surface area contributed by atoms with Gasteiger partial charge in [-0.05, 0) is 26.7 Å². The molecule has 100 valence electrons.